The summed E-state index contributed by atoms with van der Waals surface area (Å²) >= 11 is 0. The summed E-state index contributed by atoms with van der Waals surface area (Å²) in [6.45, 7) is 5.79. The number of nitrogens with two attached hydrogens (primary N) is 1. The third-order valence-electron chi connectivity index (χ3n) is 4.63. The number of nitrogens with zero attached hydrogens (tertiary/aromatic N) is 2. The van der Waals surface area contributed by atoms with E-state index >= 15 is 0 Å². The first-order chi connectivity index (χ1) is 13.5. The van der Waals surface area contributed by atoms with Gasteiger partial charge in [-0.1, -0.05) is 34.6 Å². The monoisotopic (exact) mass is 501 g/mol. The number of piperazine rings is 1. The molecule has 30 heavy (non-hydrogen) atoms. The fourth-order valence-electron chi connectivity index (χ4n) is 3.17. The van der Waals surface area contributed by atoms with E-state index in [0.29, 0.717) is 36.1 Å². The number of carbonyl (C=O) groups is 1. The Labute approximate surface area is 199 Å². The zero-order valence-corrected chi connectivity index (χ0v) is 21.2. The summed E-state index contributed by atoms with van der Waals surface area (Å²) in [6, 6.07) is 3.46. The lowest BCUT2D eigenvalue weighted by Crippen LogP contribution is -2.53. The third kappa shape index (κ3) is 7.76. The summed E-state index contributed by atoms with van der Waals surface area (Å²) in [4.78, 5) is 16.7. The van der Waals surface area contributed by atoms with Gasteiger partial charge in [-0.25, -0.2) is 0 Å². The zero-order chi connectivity index (χ0) is 20.5. The van der Waals surface area contributed by atoms with Crippen LogP contribution in [0.25, 0.3) is 0 Å². The van der Waals surface area contributed by atoms with Crippen molar-refractivity contribution in [1.82, 2.24) is 9.80 Å². The van der Waals surface area contributed by atoms with Crippen LogP contribution >= 0.6 is 46.4 Å². The maximum atomic E-state index is 12.5. The molecule has 1 aliphatic heterocycles. The lowest BCUT2D eigenvalue weighted by molar-refractivity contribution is -0.133. The van der Waals surface area contributed by atoms with E-state index in [1.54, 1.807) is 42.9 Å². The van der Waals surface area contributed by atoms with Gasteiger partial charge in [-0.2, -0.15) is 0 Å². The minimum Gasteiger partial charge on any atom is -0.493 e. The molecule has 7 nitrogen and oxygen atoms in total. The Kier molecular flexibility index (Phi) is 14.8. The first kappa shape index (κ1) is 29.3. The first-order valence-corrected chi connectivity index (χ1v) is 11.8. The molecule has 0 radical (unpaired) electrons. The Morgan fingerprint density at radius 2 is 1.67 bits per heavy atom. The summed E-state index contributed by atoms with van der Waals surface area (Å²) < 4.78 is 16.4. The van der Waals surface area contributed by atoms with E-state index in [-0.39, 0.29) is 30.7 Å². The van der Waals surface area contributed by atoms with E-state index in [9.17, 15) is 4.79 Å². The van der Waals surface area contributed by atoms with Gasteiger partial charge >= 0.3 is 0 Å². The molecule has 0 saturated carbocycles. The van der Waals surface area contributed by atoms with Crippen molar-refractivity contribution in [2.75, 3.05) is 59.0 Å². The summed E-state index contributed by atoms with van der Waals surface area (Å²) in [7, 11) is 8.25. The predicted molar refractivity (Wildman–Crippen MR) is 131 cm³/mol. The van der Waals surface area contributed by atoms with Crippen LogP contribution in [0.2, 0.25) is 0 Å². The van der Waals surface area contributed by atoms with Gasteiger partial charge in [0.1, 0.15) is 0 Å². The predicted octanol–water partition coefficient (Wildman–Crippen LogP) is 2.93. The molecule has 2 N–H and O–H groups in total. The highest BCUT2D eigenvalue weighted by atomic mass is 35.5. The molecule has 1 aliphatic rings. The highest BCUT2D eigenvalue weighted by molar-refractivity contribution is 8.76. The van der Waals surface area contributed by atoms with E-state index < -0.39 is 6.04 Å². The molecule has 1 fully saturated rings. The molecule has 0 unspecified atom stereocenters. The summed E-state index contributed by atoms with van der Waals surface area (Å²) in [5, 5.41) is 0. The molecule has 174 valence electrons. The third-order valence-corrected chi connectivity index (χ3v) is 7.14. The van der Waals surface area contributed by atoms with Crippen molar-refractivity contribution in [3.63, 3.8) is 0 Å². The van der Waals surface area contributed by atoms with Crippen molar-refractivity contribution in [1.29, 1.82) is 0 Å². The molecule has 2 rings (SSSR count). The molecule has 0 spiro atoms. The van der Waals surface area contributed by atoms with Crippen LogP contribution in [-0.2, 0) is 11.3 Å². The van der Waals surface area contributed by atoms with Crippen molar-refractivity contribution in [3.05, 3.63) is 17.7 Å². The van der Waals surface area contributed by atoms with Gasteiger partial charge in [-0.05, 0) is 6.07 Å². The van der Waals surface area contributed by atoms with Crippen molar-refractivity contribution in [3.8, 4) is 17.2 Å². The number of benzene rings is 1. The van der Waals surface area contributed by atoms with Crippen LogP contribution in [-0.4, -0.2) is 80.8 Å². The molecule has 1 aromatic rings. The molecule has 0 aromatic heterocycles. The molecule has 1 saturated heterocycles. The van der Waals surface area contributed by atoms with Crippen LogP contribution in [0.1, 0.15) is 12.5 Å². The van der Waals surface area contributed by atoms with E-state index in [1.165, 1.54) is 0 Å². The van der Waals surface area contributed by atoms with Gasteiger partial charge in [-0.15, -0.1) is 24.8 Å². The molecule has 0 bridgehead atoms. The summed E-state index contributed by atoms with van der Waals surface area (Å²) in [6.07, 6.45) is 0. The smallest absolute Gasteiger partial charge is 0.240 e. The van der Waals surface area contributed by atoms with E-state index in [1.807, 2.05) is 17.0 Å². The van der Waals surface area contributed by atoms with Gasteiger partial charge in [0.25, 0.3) is 0 Å². The number of amides is 1. The lowest BCUT2D eigenvalue weighted by atomic mass is 10.1. The van der Waals surface area contributed by atoms with E-state index in [2.05, 4.69) is 11.8 Å². The van der Waals surface area contributed by atoms with Crippen molar-refractivity contribution in [2.24, 2.45) is 5.73 Å². The normalized spacial score (nSPS) is 14.9. The average Bonchev–Trinajstić information content (AvgIpc) is 2.73. The summed E-state index contributed by atoms with van der Waals surface area (Å²) in [5.74, 6) is 3.65. The molecule has 1 amide bonds. The SMILES string of the molecule is CCSSC[C@H](N)C(=O)N1CCN(Cc2ccc(OC)c(OC)c2OC)CC1.Cl.Cl. The van der Waals surface area contributed by atoms with Crippen LogP contribution in [0.4, 0.5) is 0 Å². The van der Waals surface area contributed by atoms with Gasteiger partial charge < -0.3 is 24.8 Å². The summed E-state index contributed by atoms with van der Waals surface area (Å²) in [5.41, 5.74) is 7.10. The van der Waals surface area contributed by atoms with Crippen LogP contribution in [0.15, 0.2) is 12.1 Å². The van der Waals surface area contributed by atoms with Gasteiger partial charge in [0.15, 0.2) is 11.5 Å². The molecule has 1 atom stereocenters. The Hall–Kier alpha value is -0.710. The van der Waals surface area contributed by atoms with Crippen LogP contribution in [0, 0.1) is 0 Å². The van der Waals surface area contributed by atoms with E-state index in [0.717, 1.165) is 31.0 Å². The van der Waals surface area contributed by atoms with Gasteiger partial charge in [-0.3, -0.25) is 9.69 Å². The quantitative estimate of drug-likeness (QED) is 0.387. The second kappa shape index (κ2) is 15.2. The maximum Gasteiger partial charge on any atom is 0.240 e. The molecule has 1 aromatic carbocycles. The van der Waals surface area contributed by atoms with Crippen LogP contribution in [0.3, 0.4) is 0 Å². The lowest BCUT2D eigenvalue weighted by Gasteiger charge is -2.36. The first-order valence-electron chi connectivity index (χ1n) is 9.34. The second-order valence-corrected chi connectivity index (χ2v) is 9.19. The molecule has 0 aliphatic carbocycles. The molecule has 11 heteroatoms. The largest absolute Gasteiger partial charge is 0.493 e. The average molecular weight is 503 g/mol. The topological polar surface area (TPSA) is 77.3 Å². The van der Waals surface area contributed by atoms with Gasteiger partial charge in [0.2, 0.25) is 11.7 Å². The molecular weight excluding hydrogens is 469 g/mol. The number of ether oxygens (including phenoxy) is 3. The Morgan fingerprint density at radius 1 is 1.03 bits per heavy atom. The highest BCUT2D eigenvalue weighted by Gasteiger charge is 2.26. The van der Waals surface area contributed by atoms with Crippen molar-refractivity contribution < 1.29 is 19.0 Å². The van der Waals surface area contributed by atoms with Crippen LogP contribution < -0.4 is 19.9 Å². The Morgan fingerprint density at radius 3 is 2.20 bits per heavy atom. The fraction of sp³-hybridized carbons (Fsp3) is 0.632. The van der Waals surface area contributed by atoms with Crippen LogP contribution in [0.5, 0.6) is 17.2 Å². The van der Waals surface area contributed by atoms with Gasteiger partial charge in [0, 0.05) is 49.8 Å². The number of methoxy groups -OCH3 is 3. The molecule has 1 heterocycles. The van der Waals surface area contributed by atoms with Crippen molar-refractivity contribution >= 4 is 52.3 Å². The Balaban J connectivity index is 0.00000420. The number of carbonyl (C=O) groups excluding carboxylic acids is 1. The number of hydrogen-bond acceptors (Lipinski definition) is 8. The number of hydrogen-bond donors (Lipinski definition) is 1. The minimum atomic E-state index is -0.429. The maximum absolute atomic E-state index is 12.5. The van der Waals surface area contributed by atoms with E-state index in [4.69, 9.17) is 19.9 Å². The number of halogens is 2. The highest BCUT2D eigenvalue weighted by Crippen LogP contribution is 2.40. The Bertz CT molecular complexity index is 650. The fourth-order valence-corrected chi connectivity index (χ4v) is 4.95. The van der Waals surface area contributed by atoms with Crippen molar-refractivity contribution in [2.45, 2.75) is 19.5 Å². The number of rotatable bonds is 10. The molecular formula is C19H33Cl2N3O4S2. The standard InChI is InChI=1S/C19H31N3O4S2.2ClH/c1-5-27-28-13-15(20)19(23)22-10-8-21(9-11-22)12-14-6-7-16(24-2)18(26-4)17(14)25-3;;/h6-7,15H,5,8-13,20H2,1-4H3;2*1H/t15-;;/m0../s1. The zero-order valence-electron chi connectivity index (χ0n) is 17.9. The second-order valence-electron chi connectivity index (χ2n) is 6.39. The van der Waals surface area contributed by atoms with Gasteiger partial charge in [0.05, 0.1) is 27.4 Å². The minimum absolute atomic E-state index is 0.